The highest BCUT2D eigenvalue weighted by atomic mass is 35.5. The van der Waals surface area contributed by atoms with Crippen LogP contribution in [0.25, 0.3) is 11.4 Å². The van der Waals surface area contributed by atoms with Gasteiger partial charge in [0.1, 0.15) is 28.1 Å². The zero-order valence-corrected chi connectivity index (χ0v) is 15.2. The summed E-state index contributed by atoms with van der Waals surface area (Å²) in [4.78, 5) is 2.13. The lowest BCUT2D eigenvalue weighted by Gasteiger charge is -2.14. The van der Waals surface area contributed by atoms with Crippen LogP contribution in [0.2, 0.25) is 5.15 Å². The number of rotatable bonds is 6. The summed E-state index contributed by atoms with van der Waals surface area (Å²) in [5.41, 5.74) is 3.30. The summed E-state index contributed by atoms with van der Waals surface area (Å²) in [5, 5.41) is 13.3. The van der Waals surface area contributed by atoms with Crippen LogP contribution in [0, 0.1) is 6.92 Å². The van der Waals surface area contributed by atoms with E-state index in [1.165, 1.54) is 12.8 Å². The maximum absolute atomic E-state index is 6.45. The molecular weight excluding hydrogens is 342 g/mol. The Kier molecular flexibility index (Phi) is 4.13. The van der Waals surface area contributed by atoms with E-state index in [0.717, 1.165) is 28.5 Å². The van der Waals surface area contributed by atoms with Gasteiger partial charge >= 0.3 is 0 Å². The lowest BCUT2D eigenvalue weighted by atomic mass is 10.1. The summed E-state index contributed by atoms with van der Waals surface area (Å²) >= 11 is 6.45. The van der Waals surface area contributed by atoms with Gasteiger partial charge in [-0.3, -0.25) is 9.58 Å². The molecule has 0 amide bonds. The molecular formula is C17H20ClN5O2. The van der Waals surface area contributed by atoms with E-state index in [2.05, 4.69) is 26.4 Å². The minimum absolute atomic E-state index is 0.571. The molecule has 0 atom stereocenters. The molecule has 1 aliphatic carbocycles. The SMILES string of the molecule is Cc1cc(-c2nn(C)c(Cl)c2CN(C)Cc2cc(C3CC3)on2)no1. The van der Waals surface area contributed by atoms with Crippen LogP contribution in [0.15, 0.2) is 21.2 Å². The molecule has 3 heterocycles. The van der Waals surface area contributed by atoms with Crippen LogP contribution in [-0.2, 0) is 20.1 Å². The Morgan fingerprint density at radius 2 is 2.04 bits per heavy atom. The quantitative estimate of drug-likeness (QED) is 0.668. The second kappa shape index (κ2) is 6.31. The summed E-state index contributed by atoms with van der Waals surface area (Å²) in [6, 6.07) is 3.92. The van der Waals surface area contributed by atoms with E-state index < -0.39 is 0 Å². The van der Waals surface area contributed by atoms with Crippen molar-refractivity contribution in [1.82, 2.24) is 25.0 Å². The van der Waals surface area contributed by atoms with Crippen LogP contribution in [0.5, 0.6) is 0 Å². The lowest BCUT2D eigenvalue weighted by Crippen LogP contribution is -2.18. The Bertz CT molecular complexity index is 893. The minimum atomic E-state index is 0.571. The summed E-state index contributed by atoms with van der Waals surface area (Å²) in [5.74, 6) is 2.31. The molecule has 8 heteroatoms. The monoisotopic (exact) mass is 361 g/mol. The van der Waals surface area contributed by atoms with Crippen LogP contribution in [0.3, 0.4) is 0 Å². The molecule has 1 saturated carbocycles. The normalized spacial score (nSPS) is 14.6. The molecule has 4 rings (SSSR count). The van der Waals surface area contributed by atoms with Crippen LogP contribution in [0.1, 0.15) is 41.5 Å². The second-order valence-electron chi connectivity index (χ2n) is 6.73. The fraction of sp³-hybridized carbons (Fsp3) is 0.471. The van der Waals surface area contributed by atoms with Crippen LogP contribution < -0.4 is 0 Å². The molecule has 3 aromatic rings. The number of halogens is 1. The van der Waals surface area contributed by atoms with Crippen molar-refractivity contribution < 1.29 is 9.05 Å². The van der Waals surface area contributed by atoms with E-state index in [-0.39, 0.29) is 0 Å². The zero-order valence-electron chi connectivity index (χ0n) is 14.5. The molecule has 1 aliphatic rings. The number of nitrogens with zero attached hydrogens (tertiary/aromatic N) is 5. The van der Waals surface area contributed by atoms with Gasteiger partial charge in [0.05, 0.1) is 5.69 Å². The van der Waals surface area contributed by atoms with Gasteiger partial charge in [-0.1, -0.05) is 21.9 Å². The van der Waals surface area contributed by atoms with E-state index in [0.29, 0.717) is 29.9 Å². The van der Waals surface area contributed by atoms with Crippen LogP contribution in [0.4, 0.5) is 0 Å². The number of hydrogen-bond donors (Lipinski definition) is 0. The van der Waals surface area contributed by atoms with E-state index >= 15 is 0 Å². The summed E-state index contributed by atoms with van der Waals surface area (Å²) in [6.07, 6.45) is 2.41. The van der Waals surface area contributed by atoms with Gasteiger partial charge in [-0.15, -0.1) is 0 Å². The van der Waals surface area contributed by atoms with Crippen molar-refractivity contribution >= 4 is 11.6 Å². The molecule has 0 aliphatic heterocycles. The van der Waals surface area contributed by atoms with Gasteiger partial charge in [0.2, 0.25) is 0 Å². The number of hydrogen-bond acceptors (Lipinski definition) is 6. The second-order valence-corrected chi connectivity index (χ2v) is 7.09. The highest BCUT2D eigenvalue weighted by Gasteiger charge is 2.28. The first-order valence-electron chi connectivity index (χ1n) is 8.30. The molecule has 0 radical (unpaired) electrons. The fourth-order valence-corrected chi connectivity index (χ4v) is 3.12. The van der Waals surface area contributed by atoms with Gasteiger partial charge in [0, 0.05) is 43.8 Å². The summed E-state index contributed by atoms with van der Waals surface area (Å²) in [6.45, 7) is 3.16. The number of aryl methyl sites for hydroxylation is 2. The number of aromatic nitrogens is 4. The average molecular weight is 362 g/mol. The van der Waals surface area contributed by atoms with E-state index in [4.69, 9.17) is 20.6 Å². The maximum Gasteiger partial charge on any atom is 0.140 e. The highest BCUT2D eigenvalue weighted by molar-refractivity contribution is 6.30. The molecule has 132 valence electrons. The van der Waals surface area contributed by atoms with E-state index in [9.17, 15) is 0 Å². The molecule has 0 saturated heterocycles. The van der Waals surface area contributed by atoms with Gasteiger partial charge in [-0.05, 0) is 26.8 Å². The van der Waals surface area contributed by atoms with Gasteiger partial charge in [0.25, 0.3) is 0 Å². The first-order chi connectivity index (χ1) is 12.0. The maximum atomic E-state index is 6.45. The van der Waals surface area contributed by atoms with Crippen LogP contribution >= 0.6 is 11.6 Å². The van der Waals surface area contributed by atoms with Crippen molar-refractivity contribution in [2.45, 2.75) is 38.8 Å². The van der Waals surface area contributed by atoms with E-state index in [1.54, 1.807) is 4.68 Å². The molecule has 3 aromatic heterocycles. The molecule has 7 nitrogen and oxygen atoms in total. The summed E-state index contributed by atoms with van der Waals surface area (Å²) in [7, 11) is 3.84. The van der Waals surface area contributed by atoms with Crippen molar-refractivity contribution in [1.29, 1.82) is 0 Å². The Balaban J connectivity index is 1.52. The van der Waals surface area contributed by atoms with Gasteiger partial charge in [-0.2, -0.15) is 5.10 Å². The van der Waals surface area contributed by atoms with Crippen molar-refractivity contribution in [2.24, 2.45) is 7.05 Å². The summed E-state index contributed by atoms with van der Waals surface area (Å²) < 4.78 is 12.3. The smallest absolute Gasteiger partial charge is 0.140 e. The highest BCUT2D eigenvalue weighted by Crippen LogP contribution is 2.40. The third-order valence-electron chi connectivity index (χ3n) is 4.36. The van der Waals surface area contributed by atoms with Crippen molar-refractivity contribution in [3.63, 3.8) is 0 Å². The van der Waals surface area contributed by atoms with Crippen molar-refractivity contribution in [3.8, 4) is 11.4 Å². The Hall–Kier alpha value is -2.12. The molecule has 0 N–H and O–H groups in total. The predicted molar refractivity (Wildman–Crippen MR) is 92.1 cm³/mol. The van der Waals surface area contributed by atoms with Crippen LogP contribution in [-0.4, -0.2) is 32.0 Å². The molecule has 0 bridgehead atoms. The minimum Gasteiger partial charge on any atom is -0.361 e. The predicted octanol–water partition coefficient (Wildman–Crippen LogP) is 3.53. The molecule has 0 unspecified atom stereocenters. The largest absolute Gasteiger partial charge is 0.361 e. The van der Waals surface area contributed by atoms with Gasteiger partial charge < -0.3 is 9.05 Å². The lowest BCUT2D eigenvalue weighted by molar-refractivity contribution is 0.301. The van der Waals surface area contributed by atoms with Gasteiger partial charge in [0.15, 0.2) is 0 Å². The standard InChI is InChI=1S/C17H20ClN5O2/c1-10-6-14(21-24-10)16-13(17(18)23(3)19-16)9-22(2)8-12-7-15(25-20-12)11-4-5-11/h6-7,11H,4-5,8-9H2,1-3H3. The Labute approximate surface area is 150 Å². The molecule has 0 spiro atoms. The topological polar surface area (TPSA) is 73.1 Å². The van der Waals surface area contributed by atoms with Crippen molar-refractivity contribution in [3.05, 3.63) is 40.1 Å². The first kappa shape index (κ1) is 16.4. The van der Waals surface area contributed by atoms with Crippen molar-refractivity contribution in [2.75, 3.05) is 7.05 Å². The molecule has 1 fully saturated rings. The zero-order chi connectivity index (χ0) is 17.6. The third-order valence-corrected chi connectivity index (χ3v) is 4.83. The fourth-order valence-electron chi connectivity index (χ4n) is 2.94. The average Bonchev–Trinajstić information content (AvgIpc) is 3.07. The molecule has 25 heavy (non-hydrogen) atoms. The Morgan fingerprint density at radius 3 is 2.72 bits per heavy atom. The first-order valence-corrected chi connectivity index (χ1v) is 8.68. The van der Waals surface area contributed by atoms with Gasteiger partial charge in [-0.25, -0.2) is 0 Å². The van der Waals surface area contributed by atoms with E-state index in [1.807, 2.05) is 27.1 Å². The molecule has 0 aromatic carbocycles. The third kappa shape index (κ3) is 3.34. The Morgan fingerprint density at radius 1 is 1.24 bits per heavy atom.